The lowest BCUT2D eigenvalue weighted by Gasteiger charge is -2.31. The number of nitrogens with zero attached hydrogens (tertiary/aromatic N) is 4. The van der Waals surface area contributed by atoms with Crippen molar-refractivity contribution in [2.75, 3.05) is 11.4 Å². The van der Waals surface area contributed by atoms with E-state index in [1.165, 1.54) is 6.07 Å². The molecule has 0 unspecified atom stereocenters. The van der Waals surface area contributed by atoms with Crippen molar-refractivity contribution in [1.82, 2.24) is 20.1 Å². The van der Waals surface area contributed by atoms with Crippen LogP contribution in [0.3, 0.4) is 0 Å². The van der Waals surface area contributed by atoms with E-state index in [2.05, 4.69) is 38.8 Å². The summed E-state index contributed by atoms with van der Waals surface area (Å²) in [6, 6.07) is 5.36. The summed E-state index contributed by atoms with van der Waals surface area (Å²) < 4.78 is 15.6. The van der Waals surface area contributed by atoms with Crippen LogP contribution in [0.25, 0.3) is 0 Å². The molecule has 3 rings (SSSR count). The lowest BCUT2D eigenvalue weighted by atomic mass is 10.1. The van der Waals surface area contributed by atoms with Crippen molar-refractivity contribution in [3.8, 4) is 0 Å². The number of nitrogens with one attached hydrogen (secondary N) is 1. The average molecular weight is 289 g/mol. The maximum Gasteiger partial charge on any atom is 0.152 e. The van der Waals surface area contributed by atoms with Crippen molar-refractivity contribution in [3.05, 3.63) is 41.7 Å². The predicted octanol–water partition coefficient (Wildman–Crippen LogP) is 1.94. The highest BCUT2D eigenvalue weighted by Gasteiger charge is 2.20. The molecular weight excluding hydrogens is 269 g/mol. The molecule has 0 spiro atoms. The zero-order valence-electron chi connectivity index (χ0n) is 12.4. The third kappa shape index (κ3) is 3.05. The van der Waals surface area contributed by atoms with Crippen molar-refractivity contribution in [3.63, 3.8) is 0 Å². The van der Waals surface area contributed by atoms with Gasteiger partial charge in [0, 0.05) is 31.4 Å². The molecule has 112 valence electrons. The molecule has 2 heterocycles. The van der Waals surface area contributed by atoms with Crippen LogP contribution in [0.5, 0.6) is 0 Å². The largest absolute Gasteiger partial charge is 0.362 e. The average Bonchev–Trinajstić information content (AvgIpc) is 2.92. The highest BCUT2D eigenvalue weighted by molar-refractivity contribution is 5.54. The Bertz CT molecular complexity index is 622. The Morgan fingerprint density at radius 2 is 2.19 bits per heavy atom. The van der Waals surface area contributed by atoms with E-state index in [1.54, 1.807) is 12.4 Å². The van der Waals surface area contributed by atoms with E-state index in [9.17, 15) is 4.39 Å². The van der Waals surface area contributed by atoms with Crippen molar-refractivity contribution < 1.29 is 4.39 Å². The van der Waals surface area contributed by atoms with Gasteiger partial charge in [0.05, 0.1) is 6.54 Å². The highest BCUT2D eigenvalue weighted by Crippen LogP contribution is 2.25. The smallest absolute Gasteiger partial charge is 0.152 e. The van der Waals surface area contributed by atoms with E-state index in [0.29, 0.717) is 19.1 Å². The van der Waals surface area contributed by atoms with Crippen LogP contribution in [0.2, 0.25) is 0 Å². The van der Waals surface area contributed by atoms with Gasteiger partial charge < -0.3 is 14.8 Å². The minimum atomic E-state index is -0.195. The summed E-state index contributed by atoms with van der Waals surface area (Å²) in [5, 5.41) is 11.4. The van der Waals surface area contributed by atoms with Crippen LogP contribution < -0.4 is 10.2 Å². The highest BCUT2D eigenvalue weighted by atomic mass is 19.1. The molecule has 1 aliphatic heterocycles. The molecule has 2 aromatic rings. The molecule has 0 atom stereocenters. The van der Waals surface area contributed by atoms with E-state index in [-0.39, 0.29) is 5.82 Å². The topological polar surface area (TPSA) is 46.0 Å². The maximum absolute atomic E-state index is 13.6. The Morgan fingerprint density at radius 1 is 1.33 bits per heavy atom. The molecule has 0 aliphatic carbocycles. The predicted molar refractivity (Wildman–Crippen MR) is 79.4 cm³/mol. The van der Waals surface area contributed by atoms with E-state index >= 15 is 0 Å². The Kier molecular flexibility index (Phi) is 3.88. The number of benzene rings is 1. The van der Waals surface area contributed by atoms with E-state index in [0.717, 1.165) is 30.2 Å². The molecule has 0 saturated carbocycles. The molecule has 1 N–H and O–H groups in total. The zero-order chi connectivity index (χ0) is 14.8. The number of halogens is 1. The summed E-state index contributed by atoms with van der Waals surface area (Å²) in [6.07, 6.45) is 1.76. The third-order valence-corrected chi connectivity index (χ3v) is 3.72. The van der Waals surface area contributed by atoms with Crippen molar-refractivity contribution in [1.29, 1.82) is 0 Å². The second-order valence-electron chi connectivity index (χ2n) is 5.67. The molecule has 6 heteroatoms. The van der Waals surface area contributed by atoms with Gasteiger partial charge in [-0.15, -0.1) is 10.2 Å². The standard InChI is InChI=1S/C15H20FN5/c1-11(2)17-8-12-7-13(16)3-4-14(12)20-5-6-21-10-18-19-15(21)9-20/h3-4,7,10-11,17H,5-6,8-9H2,1-2H3. The number of rotatable bonds is 4. The number of aromatic nitrogens is 3. The number of hydrogen-bond donors (Lipinski definition) is 1. The van der Waals surface area contributed by atoms with Gasteiger partial charge in [0.2, 0.25) is 0 Å². The van der Waals surface area contributed by atoms with Gasteiger partial charge >= 0.3 is 0 Å². The van der Waals surface area contributed by atoms with E-state index < -0.39 is 0 Å². The maximum atomic E-state index is 13.6. The first-order valence-corrected chi connectivity index (χ1v) is 7.27. The minimum absolute atomic E-state index is 0.195. The molecule has 0 radical (unpaired) electrons. The first-order chi connectivity index (χ1) is 10.1. The summed E-state index contributed by atoms with van der Waals surface area (Å²) in [5.41, 5.74) is 2.05. The van der Waals surface area contributed by atoms with Gasteiger partial charge in [-0.05, 0) is 23.8 Å². The molecule has 0 bridgehead atoms. The van der Waals surface area contributed by atoms with Gasteiger partial charge in [-0.1, -0.05) is 13.8 Å². The third-order valence-electron chi connectivity index (χ3n) is 3.72. The fraction of sp³-hybridized carbons (Fsp3) is 0.467. The van der Waals surface area contributed by atoms with Crippen LogP contribution in [0.1, 0.15) is 25.2 Å². The van der Waals surface area contributed by atoms with Crippen LogP contribution >= 0.6 is 0 Å². The molecule has 5 nitrogen and oxygen atoms in total. The van der Waals surface area contributed by atoms with Crippen LogP contribution in [0.15, 0.2) is 24.5 Å². The van der Waals surface area contributed by atoms with Gasteiger partial charge in [0.15, 0.2) is 5.82 Å². The number of fused-ring (bicyclic) bond motifs is 1. The summed E-state index contributed by atoms with van der Waals surface area (Å²) in [7, 11) is 0. The second kappa shape index (κ2) is 5.81. The van der Waals surface area contributed by atoms with E-state index in [4.69, 9.17) is 0 Å². The van der Waals surface area contributed by atoms with Crippen LogP contribution in [-0.4, -0.2) is 27.4 Å². The van der Waals surface area contributed by atoms with Crippen molar-refractivity contribution in [2.45, 2.75) is 39.5 Å². The van der Waals surface area contributed by atoms with Gasteiger partial charge in [0.1, 0.15) is 12.1 Å². The molecule has 1 aliphatic rings. The SMILES string of the molecule is CC(C)NCc1cc(F)ccc1N1CCn2cnnc2C1. The summed E-state index contributed by atoms with van der Waals surface area (Å²) in [6.45, 7) is 7.28. The molecule has 0 amide bonds. The van der Waals surface area contributed by atoms with Gasteiger partial charge in [-0.25, -0.2) is 4.39 Å². The van der Waals surface area contributed by atoms with Crippen LogP contribution in [-0.2, 0) is 19.6 Å². The molecule has 21 heavy (non-hydrogen) atoms. The second-order valence-corrected chi connectivity index (χ2v) is 5.67. The fourth-order valence-corrected chi connectivity index (χ4v) is 2.59. The lowest BCUT2D eigenvalue weighted by molar-refractivity contribution is 0.550. The van der Waals surface area contributed by atoms with Crippen molar-refractivity contribution in [2.24, 2.45) is 0 Å². The van der Waals surface area contributed by atoms with Gasteiger partial charge in [0.25, 0.3) is 0 Å². The van der Waals surface area contributed by atoms with Gasteiger partial charge in [-0.3, -0.25) is 0 Å². The molecule has 0 saturated heterocycles. The Morgan fingerprint density at radius 3 is 3.00 bits per heavy atom. The lowest BCUT2D eigenvalue weighted by Crippen LogP contribution is -2.34. The number of hydrogen-bond acceptors (Lipinski definition) is 4. The summed E-state index contributed by atoms with van der Waals surface area (Å²) in [5.74, 6) is 0.757. The van der Waals surface area contributed by atoms with Crippen LogP contribution in [0.4, 0.5) is 10.1 Å². The summed E-state index contributed by atoms with van der Waals surface area (Å²) >= 11 is 0. The molecule has 0 fully saturated rings. The van der Waals surface area contributed by atoms with Crippen molar-refractivity contribution >= 4 is 5.69 Å². The number of anilines is 1. The Labute approximate surface area is 123 Å². The zero-order valence-corrected chi connectivity index (χ0v) is 12.4. The molecule has 1 aromatic heterocycles. The molecule has 1 aromatic carbocycles. The fourth-order valence-electron chi connectivity index (χ4n) is 2.59. The van der Waals surface area contributed by atoms with Crippen LogP contribution in [0, 0.1) is 5.82 Å². The first-order valence-electron chi connectivity index (χ1n) is 7.27. The van der Waals surface area contributed by atoms with E-state index in [1.807, 2.05) is 6.07 Å². The summed E-state index contributed by atoms with van der Waals surface area (Å²) in [4.78, 5) is 2.24. The van der Waals surface area contributed by atoms with Gasteiger partial charge in [-0.2, -0.15) is 0 Å². The normalized spacial score (nSPS) is 14.6. The first kappa shape index (κ1) is 14.0. The monoisotopic (exact) mass is 289 g/mol. The minimum Gasteiger partial charge on any atom is -0.362 e. The quantitative estimate of drug-likeness (QED) is 0.934. The Hall–Kier alpha value is -1.95. The molecular formula is C15H20FN5. The Balaban J connectivity index is 1.84.